The lowest BCUT2D eigenvalue weighted by molar-refractivity contribution is -0.137. The Morgan fingerprint density at radius 3 is 2.78 bits per heavy atom. The third kappa shape index (κ3) is 3.83. The molecule has 0 saturated carbocycles. The van der Waals surface area contributed by atoms with Crippen LogP contribution >= 0.6 is 27.7 Å². The maximum Gasteiger partial charge on any atom is 0.417 e. The summed E-state index contributed by atoms with van der Waals surface area (Å²) in [6, 6.07) is 9.68. The second kappa shape index (κ2) is 6.97. The van der Waals surface area contributed by atoms with Crippen LogP contribution in [0.1, 0.15) is 11.5 Å². The highest BCUT2D eigenvalue weighted by Crippen LogP contribution is 2.30. The van der Waals surface area contributed by atoms with E-state index in [0.29, 0.717) is 22.5 Å². The summed E-state index contributed by atoms with van der Waals surface area (Å²) in [4.78, 5) is 4.30. The van der Waals surface area contributed by atoms with Gasteiger partial charge < -0.3 is 4.52 Å². The third-order valence-electron chi connectivity index (χ3n) is 3.57. The Hall–Kier alpha value is -2.40. The van der Waals surface area contributed by atoms with Gasteiger partial charge in [0.1, 0.15) is 0 Å². The number of benzene rings is 1. The van der Waals surface area contributed by atoms with E-state index >= 15 is 0 Å². The fraction of sp³-hybridized carbons (Fsp3) is 0.125. The van der Waals surface area contributed by atoms with E-state index in [1.54, 1.807) is 0 Å². The first-order valence-corrected chi connectivity index (χ1v) is 9.31. The number of hydrogen-bond acceptors (Lipinski definition) is 6. The monoisotopic (exact) mass is 455 g/mol. The van der Waals surface area contributed by atoms with E-state index in [4.69, 9.17) is 4.52 Å². The van der Waals surface area contributed by atoms with Crippen LogP contribution in [0.25, 0.3) is 17.0 Å². The molecule has 0 atom stereocenters. The van der Waals surface area contributed by atoms with Crippen LogP contribution in [0.2, 0.25) is 0 Å². The Kier molecular flexibility index (Phi) is 4.64. The van der Waals surface area contributed by atoms with E-state index in [0.717, 1.165) is 34.1 Å². The Balaban J connectivity index is 1.54. The van der Waals surface area contributed by atoms with Crippen LogP contribution < -0.4 is 0 Å². The highest BCUT2D eigenvalue weighted by molar-refractivity contribution is 9.10. The Bertz CT molecular complexity index is 1110. The fourth-order valence-corrected chi connectivity index (χ4v) is 3.47. The van der Waals surface area contributed by atoms with Gasteiger partial charge in [-0.05, 0) is 24.3 Å². The van der Waals surface area contributed by atoms with Gasteiger partial charge in [0.2, 0.25) is 11.7 Å². The molecule has 11 heteroatoms. The van der Waals surface area contributed by atoms with Crippen molar-refractivity contribution in [3.05, 3.63) is 58.5 Å². The number of rotatable bonds is 4. The minimum Gasteiger partial charge on any atom is -0.338 e. The molecular weight excluding hydrogens is 447 g/mol. The lowest BCUT2D eigenvalue weighted by Gasteiger charge is -2.06. The molecule has 0 saturated heterocycles. The second-order valence-corrected chi connectivity index (χ2v) is 7.30. The smallest absolute Gasteiger partial charge is 0.338 e. The summed E-state index contributed by atoms with van der Waals surface area (Å²) < 4.78 is 46.1. The summed E-state index contributed by atoms with van der Waals surface area (Å²) >= 11 is 4.53. The molecule has 3 aromatic heterocycles. The number of hydrogen-bond donors (Lipinski definition) is 0. The lowest BCUT2D eigenvalue weighted by Crippen LogP contribution is -2.06. The van der Waals surface area contributed by atoms with Crippen molar-refractivity contribution in [1.82, 2.24) is 24.7 Å². The molecular formula is C16H9BrF3N5OS. The van der Waals surface area contributed by atoms with Crippen LogP contribution in [0.5, 0.6) is 0 Å². The predicted molar refractivity (Wildman–Crippen MR) is 95.0 cm³/mol. The summed E-state index contributed by atoms with van der Waals surface area (Å²) in [5.74, 6) is 1.01. The average Bonchev–Trinajstić information content (AvgIpc) is 3.25. The van der Waals surface area contributed by atoms with E-state index in [2.05, 4.69) is 36.3 Å². The number of halogens is 4. The van der Waals surface area contributed by atoms with Gasteiger partial charge in [-0.1, -0.05) is 45.0 Å². The second-order valence-electron chi connectivity index (χ2n) is 5.44. The number of alkyl halides is 3. The molecule has 4 rings (SSSR count). The first-order chi connectivity index (χ1) is 12.9. The number of nitrogens with zero attached hydrogens (tertiary/aromatic N) is 5. The number of fused-ring (bicyclic) bond motifs is 1. The van der Waals surface area contributed by atoms with Crippen LogP contribution in [-0.4, -0.2) is 24.7 Å². The molecule has 0 aliphatic carbocycles. The minimum atomic E-state index is -4.44. The summed E-state index contributed by atoms with van der Waals surface area (Å²) in [6.07, 6.45) is -3.47. The van der Waals surface area contributed by atoms with Crippen molar-refractivity contribution in [3.8, 4) is 11.4 Å². The topological polar surface area (TPSA) is 69.1 Å². The van der Waals surface area contributed by atoms with Crippen LogP contribution in [-0.2, 0) is 11.9 Å². The first-order valence-electron chi connectivity index (χ1n) is 7.53. The first kappa shape index (κ1) is 18.0. The molecule has 0 spiro atoms. The zero-order chi connectivity index (χ0) is 19.0. The molecule has 0 aliphatic rings. The summed E-state index contributed by atoms with van der Waals surface area (Å²) in [5.41, 5.74) is 0.337. The zero-order valence-corrected chi connectivity index (χ0v) is 15.7. The van der Waals surface area contributed by atoms with Crippen LogP contribution in [0.4, 0.5) is 13.2 Å². The molecule has 0 bridgehead atoms. The van der Waals surface area contributed by atoms with E-state index < -0.39 is 11.7 Å². The van der Waals surface area contributed by atoms with Gasteiger partial charge in [-0.15, -0.1) is 10.2 Å². The largest absolute Gasteiger partial charge is 0.417 e. The van der Waals surface area contributed by atoms with Gasteiger partial charge in [0.15, 0.2) is 10.8 Å². The minimum absolute atomic E-state index is 0.248. The van der Waals surface area contributed by atoms with E-state index in [-0.39, 0.29) is 5.75 Å². The van der Waals surface area contributed by atoms with Crippen molar-refractivity contribution in [2.75, 3.05) is 0 Å². The molecule has 27 heavy (non-hydrogen) atoms. The molecule has 0 amide bonds. The molecule has 6 nitrogen and oxygen atoms in total. The molecule has 1 aromatic carbocycles. The van der Waals surface area contributed by atoms with Gasteiger partial charge in [0.25, 0.3) is 0 Å². The van der Waals surface area contributed by atoms with Gasteiger partial charge in [0.05, 0.1) is 11.3 Å². The molecule has 0 N–H and O–H groups in total. The van der Waals surface area contributed by atoms with Crippen molar-refractivity contribution in [1.29, 1.82) is 0 Å². The van der Waals surface area contributed by atoms with Crippen molar-refractivity contribution in [3.63, 3.8) is 0 Å². The number of pyridine rings is 1. The number of aromatic nitrogens is 5. The average molecular weight is 456 g/mol. The van der Waals surface area contributed by atoms with E-state index in [1.807, 2.05) is 24.3 Å². The summed E-state index contributed by atoms with van der Waals surface area (Å²) in [5, 5.41) is 12.0. The summed E-state index contributed by atoms with van der Waals surface area (Å²) in [6.45, 7) is 0. The SMILES string of the molecule is FC(F)(F)c1ccc2nnc(SCc3nc(-c4cccc(Br)c4)no3)n2c1. The van der Waals surface area contributed by atoms with Crippen LogP contribution in [0.3, 0.4) is 0 Å². The standard InChI is InChI=1S/C16H9BrF3N5OS/c17-11-3-1-2-9(6-11)14-21-13(26-24-14)8-27-15-23-22-12-5-4-10(7-25(12)15)16(18,19)20/h1-7H,8H2. The Morgan fingerprint density at radius 1 is 1.15 bits per heavy atom. The molecule has 0 aliphatic heterocycles. The Morgan fingerprint density at radius 2 is 2.00 bits per heavy atom. The van der Waals surface area contributed by atoms with Crippen molar-refractivity contribution in [2.24, 2.45) is 0 Å². The van der Waals surface area contributed by atoms with Crippen molar-refractivity contribution < 1.29 is 17.7 Å². The molecule has 0 fully saturated rings. The normalized spacial score (nSPS) is 12.0. The maximum absolute atomic E-state index is 12.9. The van der Waals surface area contributed by atoms with Gasteiger partial charge >= 0.3 is 6.18 Å². The maximum atomic E-state index is 12.9. The third-order valence-corrected chi connectivity index (χ3v) is 5.00. The molecule has 0 radical (unpaired) electrons. The molecule has 138 valence electrons. The van der Waals surface area contributed by atoms with Crippen molar-refractivity contribution in [2.45, 2.75) is 17.1 Å². The lowest BCUT2D eigenvalue weighted by atomic mass is 10.2. The highest BCUT2D eigenvalue weighted by Gasteiger charge is 2.31. The fourth-order valence-electron chi connectivity index (χ4n) is 2.32. The van der Waals surface area contributed by atoms with Gasteiger partial charge in [-0.2, -0.15) is 18.2 Å². The van der Waals surface area contributed by atoms with E-state index in [9.17, 15) is 13.2 Å². The summed E-state index contributed by atoms with van der Waals surface area (Å²) in [7, 11) is 0. The van der Waals surface area contributed by atoms with Gasteiger partial charge in [0, 0.05) is 16.2 Å². The van der Waals surface area contributed by atoms with Gasteiger partial charge in [-0.3, -0.25) is 4.40 Å². The number of thioether (sulfide) groups is 1. The Labute approximate surface area is 162 Å². The predicted octanol–water partition coefficient (Wildman–Crippen LogP) is 4.85. The van der Waals surface area contributed by atoms with E-state index in [1.165, 1.54) is 10.5 Å². The highest BCUT2D eigenvalue weighted by atomic mass is 79.9. The van der Waals surface area contributed by atoms with Crippen molar-refractivity contribution >= 4 is 33.3 Å². The molecule has 3 heterocycles. The zero-order valence-electron chi connectivity index (χ0n) is 13.3. The molecule has 4 aromatic rings. The van der Waals surface area contributed by atoms with Crippen LogP contribution in [0, 0.1) is 0 Å². The van der Waals surface area contributed by atoms with Crippen LogP contribution in [0.15, 0.2) is 56.7 Å². The van der Waals surface area contributed by atoms with Gasteiger partial charge in [-0.25, -0.2) is 0 Å². The quantitative estimate of drug-likeness (QED) is 0.409. The molecule has 0 unspecified atom stereocenters.